The van der Waals surface area contributed by atoms with E-state index >= 15 is 0 Å². The summed E-state index contributed by atoms with van der Waals surface area (Å²) < 4.78 is 0. The van der Waals surface area contributed by atoms with Gasteiger partial charge in [-0.3, -0.25) is 4.90 Å². The molecule has 1 saturated carbocycles. The first-order valence-electron chi connectivity index (χ1n) is 7.65. The lowest BCUT2D eigenvalue weighted by molar-refractivity contribution is 0.294. The number of nitrogens with one attached hydrogen (secondary N) is 1. The molecule has 1 heterocycles. The average molecular weight is 238 g/mol. The van der Waals surface area contributed by atoms with E-state index in [9.17, 15) is 0 Å². The van der Waals surface area contributed by atoms with E-state index in [0.717, 1.165) is 23.8 Å². The number of hydrogen-bond acceptors (Lipinski definition) is 2. The van der Waals surface area contributed by atoms with Crippen LogP contribution < -0.4 is 5.32 Å². The van der Waals surface area contributed by atoms with E-state index in [1.54, 1.807) is 0 Å². The summed E-state index contributed by atoms with van der Waals surface area (Å²) in [6, 6.07) is 0.963. The van der Waals surface area contributed by atoms with Crippen molar-refractivity contribution >= 4 is 0 Å². The van der Waals surface area contributed by atoms with Gasteiger partial charge in [-0.05, 0) is 56.7 Å². The standard InChI is InChI=1S/C15H30N2/c1-4-5-14-8-15(14)17-7-6-13(11-17)10-16-9-12(2)3/h12-16H,4-11H2,1-3H3. The number of likely N-dealkylation sites (tertiary alicyclic amines) is 1. The molecule has 1 N–H and O–H groups in total. The summed E-state index contributed by atoms with van der Waals surface area (Å²) in [5.74, 6) is 2.74. The van der Waals surface area contributed by atoms with Crippen molar-refractivity contribution in [2.24, 2.45) is 17.8 Å². The highest BCUT2D eigenvalue weighted by molar-refractivity contribution is 4.97. The maximum Gasteiger partial charge on any atom is 0.0127 e. The zero-order valence-corrected chi connectivity index (χ0v) is 11.9. The first-order chi connectivity index (χ1) is 8.20. The Morgan fingerprint density at radius 1 is 1.35 bits per heavy atom. The SMILES string of the molecule is CCCC1CC1N1CCC(CNCC(C)C)C1. The van der Waals surface area contributed by atoms with E-state index in [0.29, 0.717) is 0 Å². The third-order valence-corrected chi connectivity index (χ3v) is 4.32. The lowest BCUT2D eigenvalue weighted by Crippen LogP contribution is -2.30. The molecule has 3 unspecified atom stereocenters. The van der Waals surface area contributed by atoms with E-state index in [4.69, 9.17) is 0 Å². The second kappa shape index (κ2) is 6.19. The van der Waals surface area contributed by atoms with Crippen LogP contribution in [0.3, 0.4) is 0 Å². The fourth-order valence-corrected chi connectivity index (χ4v) is 3.27. The molecule has 2 heteroatoms. The summed E-state index contributed by atoms with van der Waals surface area (Å²) in [5, 5.41) is 3.62. The van der Waals surface area contributed by atoms with Gasteiger partial charge in [-0.2, -0.15) is 0 Å². The highest BCUT2D eigenvalue weighted by Gasteiger charge is 2.42. The highest BCUT2D eigenvalue weighted by Crippen LogP contribution is 2.41. The van der Waals surface area contributed by atoms with Crippen molar-refractivity contribution in [3.63, 3.8) is 0 Å². The van der Waals surface area contributed by atoms with Gasteiger partial charge in [0.25, 0.3) is 0 Å². The molecule has 100 valence electrons. The van der Waals surface area contributed by atoms with Crippen LogP contribution in [0.15, 0.2) is 0 Å². The minimum Gasteiger partial charge on any atom is -0.316 e. The van der Waals surface area contributed by atoms with Crippen LogP contribution in [0.1, 0.15) is 46.5 Å². The van der Waals surface area contributed by atoms with Gasteiger partial charge < -0.3 is 5.32 Å². The molecule has 0 aromatic heterocycles. The Morgan fingerprint density at radius 3 is 2.88 bits per heavy atom. The minimum absolute atomic E-state index is 0.782. The lowest BCUT2D eigenvalue weighted by Gasteiger charge is -2.17. The van der Waals surface area contributed by atoms with Crippen LogP contribution in [0.2, 0.25) is 0 Å². The van der Waals surface area contributed by atoms with Gasteiger partial charge in [-0.15, -0.1) is 0 Å². The molecule has 0 aromatic rings. The molecule has 2 nitrogen and oxygen atoms in total. The Morgan fingerprint density at radius 2 is 2.18 bits per heavy atom. The topological polar surface area (TPSA) is 15.3 Å². The third kappa shape index (κ3) is 3.96. The second-order valence-electron chi connectivity index (χ2n) is 6.55. The summed E-state index contributed by atoms with van der Waals surface area (Å²) >= 11 is 0. The Kier molecular flexibility index (Phi) is 4.87. The van der Waals surface area contributed by atoms with Gasteiger partial charge in [0, 0.05) is 12.6 Å². The van der Waals surface area contributed by atoms with E-state index in [1.165, 1.54) is 51.9 Å². The van der Waals surface area contributed by atoms with Gasteiger partial charge in [0.05, 0.1) is 0 Å². The summed E-state index contributed by atoms with van der Waals surface area (Å²) in [4.78, 5) is 2.77. The Balaban J connectivity index is 1.60. The van der Waals surface area contributed by atoms with Crippen molar-refractivity contribution in [2.75, 3.05) is 26.2 Å². The number of nitrogens with zero attached hydrogens (tertiary/aromatic N) is 1. The quantitative estimate of drug-likeness (QED) is 0.733. The van der Waals surface area contributed by atoms with Crippen LogP contribution in [-0.4, -0.2) is 37.1 Å². The summed E-state index contributed by atoms with van der Waals surface area (Å²) in [6.45, 7) is 12.0. The summed E-state index contributed by atoms with van der Waals surface area (Å²) in [6.07, 6.45) is 5.73. The molecule has 0 bridgehead atoms. The van der Waals surface area contributed by atoms with Crippen molar-refractivity contribution in [3.8, 4) is 0 Å². The van der Waals surface area contributed by atoms with E-state index in [2.05, 4.69) is 31.0 Å². The molecular formula is C15H30N2. The van der Waals surface area contributed by atoms with Crippen LogP contribution in [0.25, 0.3) is 0 Å². The molecule has 3 atom stereocenters. The normalized spacial score (nSPS) is 33.5. The fourth-order valence-electron chi connectivity index (χ4n) is 3.27. The molecule has 0 radical (unpaired) electrons. The van der Waals surface area contributed by atoms with Crippen molar-refractivity contribution in [3.05, 3.63) is 0 Å². The van der Waals surface area contributed by atoms with Gasteiger partial charge in [0.15, 0.2) is 0 Å². The van der Waals surface area contributed by atoms with Crippen molar-refractivity contribution < 1.29 is 0 Å². The van der Waals surface area contributed by atoms with Crippen molar-refractivity contribution in [2.45, 2.75) is 52.5 Å². The maximum absolute atomic E-state index is 3.62. The summed E-state index contributed by atoms with van der Waals surface area (Å²) in [7, 11) is 0. The Bertz CT molecular complexity index is 227. The fraction of sp³-hybridized carbons (Fsp3) is 1.00. The van der Waals surface area contributed by atoms with Crippen LogP contribution in [0.4, 0.5) is 0 Å². The minimum atomic E-state index is 0.782. The molecule has 0 amide bonds. The van der Waals surface area contributed by atoms with Crippen LogP contribution in [0, 0.1) is 17.8 Å². The monoisotopic (exact) mass is 238 g/mol. The molecule has 0 spiro atoms. The molecule has 2 rings (SSSR count). The van der Waals surface area contributed by atoms with Gasteiger partial charge >= 0.3 is 0 Å². The smallest absolute Gasteiger partial charge is 0.0127 e. The van der Waals surface area contributed by atoms with E-state index < -0.39 is 0 Å². The van der Waals surface area contributed by atoms with E-state index in [-0.39, 0.29) is 0 Å². The first kappa shape index (κ1) is 13.4. The molecule has 0 aromatic carbocycles. The zero-order valence-electron chi connectivity index (χ0n) is 11.9. The van der Waals surface area contributed by atoms with E-state index in [1.807, 2.05) is 0 Å². The Labute approximate surface area is 107 Å². The predicted octanol–water partition coefficient (Wildman–Crippen LogP) is 2.74. The van der Waals surface area contributed by atoms with Gasteiger partial charge in [-0.25, -0.2) is 0 Å². The van der Waals surface area contributed by atoms with Crippen LogP contribution in [-0.2, 0) is 0 Å². The summed E-state index contributed by atoms with van der Waals surface area (Å²) in [5.41, 5.74) is 0. The Hall–Kier alpha value is -0.0800. The van der Waals surface area contributed by atoms with Crippen LogP contribution >= 0.6 is 0 Å². The van der Waals surface area contributed by atoms with Gasteiger partial charge in [-0.1, -0.05) is 27.2 Å². The largest absolute Gasteiger partial charge is 0.316 e. The molecule has 2 aliphatic rings. The average Bonchev–Trinajstić information content (AvgIpc) is 2.88. The second-order valence-corrected chi connectivity index (χ2v) is 6.55. The molecule has 1 aliphatic heterocycles. The highest BCUT2D eigenvalue weighted by atomic mass is 15.2. The number of rotatable bonds is 7. The molecule has 17 heavy (non-hydrogen) atoms. The van der Waals surface area contributed by atoms with Gasteiger partial charge in [0.1, 0.15) is 0 Å². The molecule has 1 aliphatic carbocycles. The van der Waals surface area contributed by atoms with Crippen LogP contribution in [0.5, 0.6) is 0 Å². The number of hydrogen-bond donors (Lipinski definition) is 1. The molecular weight excluding hydrogens is 208 g/mol. The predicted molar refractivity (Wildman–Crippen MR) is 74.2 cm³/mol. The maximum atomic E-state index is 3.62. The van der Waals surface area contributed by atoms with Gasteiger partial charge in [0.2, 0.25) is 0 Å². The lowest BCUT2D eigenvalue weighted by atomic mass is 10.1. The molecule has 1 saturated heterocycles. The first-order valence-corrected chi connectivity index (χ1v) is 7.65. The molecule has 2 fully saturated rings. The zero-order chi connectivity index (χ0) is 12.3. The third-order valence-electron chi connectivity index (χ3n) is 4.32. The van der Waals surface area contributed by atoms with Crippen molar-refractivity contribution in [1.29, 1.82) is 0 Å². The van der Waals surface area contributed by atoms with Crippen molar-refractivity contribution in [1.82, 2.24) is 10.2 Å².